The van der Waals surface area contributed by atoms with Crippen LogP contribution in [0.3, 0.4) is 0 Å². The monoisotopic (exact) mass is 274 g/mol. The van der Waals surface area contributed by atoms with Crippen molar-refractivity contribution in [3.63, 3.8) is 0 Å². The van der Waals surface area contributed by atoms with Crippen LogP contribution in [0.2, 0.25) is 0 Å². The van der Waals surface area contributed by atoms with Crippen LogP contribution in [0.1, 0.15) is 16.8 Å². The molecule has 0 aliphatic carbocycles. The molecule has 1 fully saturated rings. The van der Waals surface area contributed by atoms with E-state index >= 15 is 0 Å². The molecular weight excluding hydrogens is 260 g/mol. The van der Waals surface area contributed by atoms with E-state index in [9.17, 15) is 9.90 Å². The van der Waals surface area contributed by atoms with Crippen LogP contribution in [0.4, 0.5) is 5.69 Å². The molecule has 1 aromatic heterocycles. The summed E-state index contributed by atoms with van der Waals surface area (Å²) in [7, 11) is 0. The normalized spacial score (nSPS) is 15.7. The molecule has 2 aromatic rings. The zero-order chi connectivity index (χ0) is 13.2. The van der Waals surface area contributed by atoms with Gasteiger partial charge in [-0.25, -0.2) is 4.79 Å². The van der Waals surface area contributed by atoms with Crippen molar-refractivity contribution in [1.82, 2.24) is 4.98 Å². The number of thioether (sulfide) groups is 1. The van der Waals surface area contributed by atoms with Gasteiger partial charge in [0.15, 0.2) is 0 Å². The molecule has 19 heavy (non-hydrogen) atoms. The zero-order valence-corrected chi connectivity index (χ0v) is 11.2. The molecule has 98 valence electrons. The van der Waals surface area contributed by atoms with E-state index in [0.717, 1.165) is 23.6 Å². The first-order chi connectivity index (χ1) is 9.25. The number of anilines is 1. The van der Waals surface area contributed by atoms with Crippen LogP contribution in [-0.4, -0.2) is 34.2 Å². The highest BCUT2D eigenvalue weighted by Gasteiger charge is 2.14. The summed E-state index contributed by atoms with van der Waals surface area (Å²) in [5.74, 6) is 1.26. The second-order valence-corrected chi connectivity index (χ2v) is 5.59. The fraction of sp³-hybridized carbons (Fsp3) is 0.286. The molecule has 1 aromatic carbocycles. The van der Waals surface area contributed by atoms with Gasteiger partial charge in [-0.05, 0) is 36.4 Å². The van der Waals surface area contributed by atoms with Gasteiger partial charge in [0, 0.05) is 23.8 Å². The average molecular weight is 274 g/mol. The molecule has 2 heterocycles. The molecule has 0 unspecified atom stereocenters. The number of carboxylic acid groups (broad SMARTS) is 1. The molecule has 1 N–H and O–H groups in total. The van der Waals surface area contributed by atoms with Gasteiger partial charge >= 0.3 is 5.97 Å². The predicted molar refractivity (Wildman–Crippen MR) is 78.0 cm³/mol. The minimum atomic E-state index is -0.905. The topological polar surface area (TPSA) is 53.4 Å². The first-order valence-corrected chi connectivity index (χ1v) is 7.36. The summed E-state index contributed by atoms with van der Waals surface area (Å²) < 4.78 is 0. The predicted octanol–water partition coefficient (Wildman–Crippen LogP) is 2.83. The van der Waals surface area contributed by atoms with Crippen molar-refractivity contribution >= 4 is 34.3 Å². The van der Waals surface area contributed by atoms with Gasteiger partial charge in [0.25, 0.3) is 0 Å². The maximum absolute atomic E-state index is 11.3. The minimum Gasteiger partial charge on any atom is -0.478 e. The van der Waals surface area contributed by atoms with Gasteiger partial charge in [-0.2, -0.15) is 0 Å². The van der Waals surface area contributed by atoms with E-state index in [-0.39, 0.29) is 0 Å². The molecule has 3 rings (SSSR count). The summed E-state index contributed by atoms with van der Waals surface area (Å²) in [6.45, 7) is 1.03. The third-order valence-corrected chi connectivity index (χ3v) is 4.36. The zero-order valence-electron chi connectivity index (χ0n) is 10.4. The van der Waals surface area contributed by atoms with Gasteiger partial charge in [0.05, 0.1) is 17.0 Å². The van der Waals surface area contributed by atoms with Crippen molar-refractivity contribution in [2.75, 3.05) is 23.1 Å². The fourth-order valence-electron chi connectivity index (χ4n) is 2.32. The molecule has 0 radical (unpaired) electrons. The van der Waals surface area contributed by atoms with Crippen molar-refractivity contribution in [3.05, 3.63) is 36.0 Å². The number of pyridine rings is 1. The van der Waals surface area contributed by atoms with E-state index in [1.54, 1.807) is 12.3 Å². The van der Waals surface area contributed by atoms with E-state index in [4.69, 9.17) is 0 Å². The number of fused-ring (bicyclic) bond motifs is 1. The molecule has 0 bridgehead atoms. The highest BCUT2D eigenvalue weighted by Crippen LogP contribution is 2.27. The van der Waals surface area contributed by atoms with Crippen LogP contribution in [0.5, 0.6) is 0 Å². The Balaban J connectivity index is 2.08. The summed E-state index contributed by atoms with van der Waals surface area (Å²) >= 11 is 1.91. The molecular formula is C14H14N2O2S. The maximum Gasteiger partial charge on any atom is 0.336 e. The van der Waals surface area contributed by atoms with Gasteiger partial charge in [0.2, 0.25) is 0 Å². The average Bonchev–Trinajstić information content (AvgIpc) is 2.47. The lowest BCUT2D eigenvalue weighted by Crippen LogP contribution is -2.28. The molecule has 1 aliphatic heterocycles. The molecule has 0 amide bonds. The standard InChI is InChI=1S/C14H14N2O2S/c17-14(18)11-4-5-15-13-3-2-10(8-12(11)13)16-6-1-7-19-9-16/h2-5,8H,1,6-7,9H2,(H,17,18). The Hall–Kier alpha value is -1.75. The van der Waals surface area contributed by atoms with E-state index in [2.05, 4.69) is 9.88 Å². The number of aromatic nitrogens is 1. The number of hydrogen-bond acceptors (Lipinski definition) is 4. The minimum absolute atomic E-state index is 0.316. The SMILES string of the molecule is O=C(O)c1ccnc2ccc(N3CCCSC3)cc12. The van der Waals surface area contributed by atoms with E-state index in [0.29, 0.717) is 10.9 Å². The molecule has 4 nitrogen and oxygen atoms in total. The van der Waals surface area contributed by atoms with Crippen LogP contribution in [-0.2, 0) is 0 Å². The summed E-state index contributed by atoms with van der Waals surface area (Å²) in [5.41, 5.74) is 2.13. The number of nitrogens with zero attached hydrogens (tertiary/aromatic N) is 2. The Morgan fingerprint density at radius 1 is 1.37 bits per heavy atom. The van der Waals surface area contributed by atoms with Crippen LogP contribution in [0.15, 0.2) is 30.5 Å². The van der Waals surface area contributed by atoms with E-state index in [1.165, 1.54) is 12.2 Å². The van der Waals surface area contributed by atoms with Crippen molar-refractivity contribution < 1.29 is 9.90 Å². The third-order valence-electron chi connectivity index (χ3n) is 3.28. The Morgan fingerprint density at radius 3 is 3.00 bits per heavy atom. The number of aromatic carboxylic acids is 1. The highest BCUT2D eigenvalue weighted by atomic mass is 32.2. The molecule has 0 spiro atoms. The van der Waals surface area contributed by atoms with Gasteiger partial charge in [0.1, 0.15) is 0 Å². The van der Waals surface area contributed by atoms with Gasteiger partial charge in [-0.1, -0.05) is 0 Å². The molecule has 1 aliphatic rings. The maximum atomic E-state index is 11.3. The second-order valence-electron chi connectivity index (χ2n) is 4.52. The van der Waals surface area contributed by atoms with Gasteiger partial charge in [-0.15, -0.1) is 11.8 Å². The number of carbonyl (C=O) groups is 1. The molecule has 0 saturated carbocycles. The summed E-state index contributed by atoms with van der Waals surface area (Å²) in [4.78, 5) is 17.8. The molecule has 1 saturated heterocycles. The Kier molecular flexibility index (Phi) is 3.29. The highest BCUT2D eigenvalue weighted by molar-refractivity contribution is 7.99. The first kappa shape index (κ1) is 12.3. The first-order valence-electron chi connectivity index (χ1n) is 6.20. The fourth-order valence-corrected chi connectivity index (χ4v) is 3.28. The largest absolute Gasteiger partial charge is 0.478 e. The van der Waals surface area contributed by atoms with Crippen LogP contribution >= 0.6 is 11.8 Å². The van der Waals surface area contributed by atoms with Crippen molar-refractivity contribution in [3.8, 4) is 0 Å². The number of hydrogen-bond donors (Lipinski definition) is 1. The lowest BCUT2D eigenvalue weighted by atomic mass is 10.1. The van der Waals surface area contributed by atoms with Gasteiger partial charge in [-0.3, -0.25) is 4.98 Å². The second kappa shape index (κ2) is 5.09. The smallest absolute Gasteiger partial charge is 0.336 e. The lowest BCUT2D eigenvalue weighted by molar-refractivity contribution is 0.0699. The lowest BCUT2D eigenvalue weighted by Gasteiger charge is -2.28. The molecule has 0 atom stereocenters. The van der Waals surface area contributed by atoms with Crippen molar-refractivity contribution in [1.29, 1.82) is 0 Å². The third kappa shape index (κ3) is 2.38. The van der Waals surface area contributed by atoms with E-state index < -0.39 is 5.97 Å². The Morgan fingerprint density at radius 2 is 2.26 bits per heavy atom. The van der Waals surface area contributed by atoms with Crippen molar-refractivity contribution in [2.24, 2.45) is 0 Å². The van der Waals surface area contributed by atoms with Crippen LogP contribution in [0.25, 0.3) is 10.9 Å². The Labute approximate surface area is 115 Å². The number of rotatable bonds is 2. The number of benzene rings is 1. The van der Waals surface area contributed by atoms with Crippen molar-refractivity contribution in [2.45, 2.75) is 6.42 Å². The summed E-state index contributed by atoms with van der Waals surface area (Å²) in [6, 6.07) is 7.42. The Bertz CT molecular complexity index is 624. The summed E-state index contributed by atoms with van der Waals surface area (Å²) in [6.07, 6.45) is 2.71. The van der Waals surface area contributed by atoms with E-state index in [1.807, 2.05) is 30.0 Å². The van der Waals surface area contributed by atoms with Crippen LogP contribution < -0.4 is 4.90 Å². The quantitative estimate of drug-likeness (QED) is 0.912. The van der Waals surface area contributed by atoms with Gasteiger partial charge < -0.3 is 10.0 Å². The molecule has 5 heteroatoms. The summed E-state index contributed by atoms with van der Waals surface area (Å²) in [5, 5.41) is 9.95. The number of carboxylic acids is 1. The van der Waals surface area contributed by atoms with Crippen LogP contribution in [0, 0.1) is 0 Å².